The van der Waals surface area contributed by atoms with Gasteiger partial charge in [0.05, 0.1) is 18.4 Å². The lowest BCUT2D eigenvalue weighted by atomic mass is 10.0. The molecule has 2 aliphatic heterocycles. The summed E-state index contributed by atoms with van der Waals surface area (Å²) in [6, 6.07) is 26.7. The highest BCUT2D eigenvalue weighted by molar-refractivity contribution is 6.02. The van der Waals surface area contributed by atoms with Crippen LogP contribution in [0.1, 0.15) is 29.0 Å². The van der Waals surface area contributed by atoms with Crippen molar-refractivity contribution in [2.75, 3.05) is 49.6 Å². The van der Waals surface area contributed by atoms with Crippen molar-refractivity contribution in [1.29, 1.82) is 0 Å². The van der Waals surface area contributed by atoms with Gasteiger partial charge in [0.25, 0.3) is 5.91 Å². The maximum atomic E-state index is 12.9. The molecule has 176 valence electrons. The van der Waals surface area contributed by atoms with Crippen LogP contribution >= 0.6 is 0 Å². The van der Waals surface area contributed by atoms with Crippen LogP contribution in [0.5, 0.6) is 5.75 Å². The Bertz CT molecular complexity index is 1130. The maximum Gasteiger partial charge on any atom is 0.255 e. The first-order valence-corrected chi connectivity index (χ1v) is 12.0. The lowest BCUT2D eigenvalue weighted by molar-refractivity contribution is 0.0922. The molecule has 0 aliphatic carbocycles. The number of rotatable bonds is 6. The number of carbonyl (C=O) groups is 1. The SMILES string of the molecule is COc1cccc(N2CCN(CC(C)N3c4ccccc4C(=O)NC3c3ccccc3)CC2)c1. The van der Waals surface area contributed by atoms with Gasteiger partial charge in [-0.3, -0.25) is 9.69 Å². The van der Waals surface area contributed by atoms with Gasteiger partial charge in [-0.1, -0.05) is 48.5 Å². The Morgan fingerprint density at radius 3 is 2.44 bits per heavy atom. The smallest absolute Gasteiger partial charge is 0.255 e. The molecule has 5 rings (SSSR count). The van der Waals surface area contributed by atoms with Gasteiger partial charge >= 0.3 is 0 Å². The van der Waals surface area contributed by atoms with Gasteiger partial charge in [-0.2, -0.15) is 0 Å². The Labute approximate surface area is 201 Å². The molecule has 2 aliphatic rings. The quantitative estimate of drug-likeness (QED) is 0.604. The highest BCUT2D eigenvalue weighted by atomic mass is 16.5. The van der Waals surface area contributed by atoms with E-state index in [-0.39, 0.29) is 18.1 Å². The molecule has 1 amide bonds. The zero-order chi connectivity index (χ0) is 23.5. The van der Waals surface area contributed by atoms with E-state index in [2.05, 4.69) is 63.3 Å². The molecular formula is C28H32N4O2. The third-order valence-corrected chi connectivity index (χ3v) is 6.88. The summed E-state index contributed by atoms with van der Waals surface area (Å²) in [5.74, 6) is 0.881. The maximum absolute atomic E-state index is 12.9. The van der Waals surface area contributed by atoms with E-state index in [0.717, 1.165) is 55.3 Å². The van der Waals surface area contributed by atoms with Gasteiger partial charge in [-0.05, 0) is 36.8 Å². The molecule has 0 spiro atoms. The number of amides is 1. The van der Waals surface area contributed by atoms with Gasteiger partial charge in [0.1, 0.15) is 11.9 Å². The number of carbonyl (C=O) groups excluding carboxylic acids is 1. The summed E-state index contributed by atoms with van der Waals surface area (Å²) in [6.45, 7) is 7.15. The van der Waals surface area contributed by atoms with Gasteiger partial charge in [0.2, 0.25) is 0 Å². The molecule has 1 N–H and O–H groups in total. The minimum atomic E-state index is -0.184. The minimum Gasteiger partial charge on any atom is -0.497 e. The lowest BCUT2D eigenvalue weighted by Crippen LogP contribution is -2.55. The predicted molar refractivity (Wildman–Crippen MR) is 137 cm³/mol. The molecule has 3 aromatic rings. The fourth-order valence-electron chi connectivity index (χ4n) is 5.13. The Hall–Kier alpha value is -3.51. The second-order valence-corrected chi connectivity index (χ2v) is 9.05. The third-order valence-electron chi connectivity index (χ3n) is 6.88. The van der Waals surface area contributed by atoms with Crippen molar-refractivity contribution < 1.29 is 9.53 Å². The average Bonchev–Trinajstić information content (AvgIpc) is 2.89. The van der Waals surface area contributed by atoms with Crippen molar-refractivity contribution in [1.82, 2.24) is 10.2 Å². The van der Waals surface area contributed by atoms with Crippen molar-refractivity contribution in [3.8, 4) is 5.75 Å². The largest absolute Gasteiger partial charge is 0.497 e. The molecular weight excluding hydrogens is 424 g/mol. The molecule has 0 saturated carbocycles. The normalized spacial score (nSPS) is 19.4. The number of hydrogen-bond donors (Lipinski definition) is 1. The highest BCUT2D eigenvalue weighted by Crippen LogP contribution is 2.35. The fourth-order valence-corrected chi connectivity index (χ4v) is 5.13. The first kappa shape index (κ1) is 22.3. The average molecular weight is 457 g/mol. The van der Waals surface area contributed by atoms with Crippen LogP contribution in [0.25, 0.3) is 0 Å². The second kappa shape index (κ2) is 9.77. The first-order valence-electron chi connectivity index (χ1n) is 12.0. The van der Waals surface area contributed by atoms with E-state index in [4.69, 9.17) is 4.74 Å². The number of para-hydroxylation sites is 1. The molecule has 6 nitrogen and oxygen atoms in total. The molecule has 2 unspecified atom stereocenters. The van der Waals surface area contributed by atoms with Crippen LogP contribution in [0.4, 0.5) is 11.4 Å². The van der Waals surface area contributed by atoms with E-state index in [9.17, 15) is 4.79 Å². The highest BCUT2D eigenvalue weighted by Gasteiger charge is 2.35. The van der Waals surface area contributed by atoms with E-state index in [0.29, 0.717) is 0 Å². The van der Waals surface area contributed by atoms with Crippen LogP contribution in [-0.2, 0) is 0 Å². The number of nitrogens with one attached hydrogen (secondary N) is 1. The van der Waals surface area contributed by atoms with Gasteiger partial charge < -0.3 is 19.9 Å². The zero-order valence-electron chi connectivity index (χ0n) is 19.9. The number of methoxy groups -OCH3 is 1. The van der Waals surface area contributed by atoms with Crippen LogP contribution < -0.4 is 19.9 Å². The molecule has 3 aromatic carbocycles. The summed E-state index contributed by atoms with van der Waals surface area (Å²) < 4.78 is 5.40. The molecule has 0 radical (unpaired) electrons. The van der Waals surface area contributed by atoms with Crippen LogP contribution in [0, 0.1) is 0 Å². The van der Waals surface area contributed by atoms with Crippen molar-refractivity contribution in [2.24, 2.45) is 0 Å². The summed E-state index contributed by atoms with van der Waals surface area (Å²) in [5, 5.41) is 3.24. The number of hydrogen-bond acceptors (Lipinski definition) is 5. The Morgan fingerprint density at radius 2 is 1.68 bits per heavy atom. The summed E-state index contributed by atoms with van der Waals surface area (Å²) in [5.41, 5.74) is 4.05. The van der Waals surface area contributed by atoms with E-state index < -0.39 is 0 Å². The monoisotopic (exact) mass is 456 g/mol. The van der Waals surface area contributed by atoms with Gasteiger partial charge in [0.15, 0.2) is 0 Å². The number of fused-ring (bicyclic) bond motifs is 1. The van der Waals surface area contributed by atoms with Crippen molar-refractivity contribution in [3.05, 3.63) is 90.0 Å². The molecule has 1 saturated heterocycles. The third kappa shape index (κ3) is 4.46. The molecule has 34 heavy (non-hydrogen) atoms. The summed E-state index contributed by atoms with van der Waals surface area (Å²) in [6.07, 6.45) is -0.184. The number of piperazine rings is 1. The van der Waals surface area contributed by atoms with Crippen molar-refractivity contribution in [2.45, 2.75) is 19.1 Å². The van der Waals surface area contributed by atoms with E-state index in [1.807, 2.05) is 42.5 Å². The minimum absolute atomic E-state index is 0.0141. The summed E-state index contributed by atoms with van der Waals surface area (Å²) >= 11 is 0. The standard InChI is InChI=1S/C28H32N4O2/c1-21(20-30-15-17-31(18-16-30)23-11-8-12-24(19-23)34-2)32-26-14-7-6-13-25(26)28(33)29-27(32)22-9-4-3-5-10-22/h3-14,19,21,27H,15-18,20H2,1-2H3,(H,29,33). The fraction of sp³-hybridized carbons (Fsp3) is 0.321. The molecule has 2 heterocycles. The van der Waals surface area contributed by atoms with E-state index in [1.54, 1.807) is 7.11 Å². The number of ether oxygens (including phenoxy) is 1. The molecule has 1 fully saturated rings. The van der Waals surface area contributed by atoms with E-state index >= 15 is 0 Å². The number of nitrogens with zero attached hydrogens (tertiary/aromatic N) is 3. The summed E-state index contributed by atoms with van der Waals surface area (Å²) in [7, 11) is 1.71. The zero-order valence-corrected chi connectivity index (χ0v) is 19.9. The van der Waals surface area contributed by atoms with Crippen molar-refractivity contribution in [3.63, 3.8) is 0 Å². The van der Waals surface area contributed by atoms with Gasteiger partial charge in [-0.25, -0.2) is 0 Å². The Morgan fingerprint density at radius 1 is 0.941 bits per heavy atom. The van der Waals surface area contributed by atoms with Crippen LogP contribution in [-0.4, -0.2) is 56.7 Å². The second-order valence-electron chi connectivity index (χ2n) is 9.05. The lowest BCUT2D eigenvalue weighted by Gasteiger charge is -2.45. The topological polar surface area (TPSA) is 48.1 Å². The van der Waals surface area contributed by atoms with Gasteiger partial charge in [0, 0.05) is 50.5 Å². The van der Waals surface area contributed by atoms with Crippen LogP contribution in [0.3, 0.4) is 0 Å². The first-order chi connectivity index (χ1) is 16.6. The molecule has 0 bridgehead atoms. The Kier molecular flexibility index (Phi) is 6.41. The molecule has 0 aromatic heterocycles. The van der Waals surface area contributed by atoms with Crippen LogP contribution in [0.15, 0.2) is 78.9 Å². The molecule has 6 heteroatoms. The predicted octanol–water partition coefficient (Wildman–Crippen LogP) is 4.15. The Balaban J connectivity index is 1.32. The van der Waals surface area contributed by atoms with Gasteiger partial charge in [-0.15, -0.1) is 0 Å². The number of benzene rings is 3. The summed E-state index contributed by atoms with van der Waals surface area (Å²) in [4.78, 5) is 20.2. The van der Waals surface area contributed by atoms with Crippen molar-refractivity contribution >= 4 is 17.3 Å². The van der Waals surface area contributed by atoms with Crippen LogP contribution in [0.2, 0.25) is 0 Å². The number of anilines is 2. The van der Waals surface area contributed by atoms with E-state index in [1.165, 1.54) is 5.69 Å². The molecule has 2 atom stereocenters.